The number of nitrogens with one attached hydrogen (secondary N) is 3. The van der Waals surface area contributed by atoms with Gasteiger partial charge in [-0.2, -0.15) is 0 Å². The lowest BCUT2D eigenvalue weighted by atomic mass is 10.1. The van der Waals surface area contributed by atoms with Gasteiger partial charge >= 0.3 is 13.5 Å². The van der Waals surface area contributed by atoms with Gasteiger partial charge in [0.2, 0.25) is 0 Å². The predicted molar refractivity (Wildman–Crippen MR) is 178 cm³/mol. The molecular formula is C25H32N10O10P2S2. The molecule has 6 N–H and O–H groups in total. The van der Waals surface area contributed by atoms with Crippen LogP contribution in [0.25, 0.3) is 22.3 Å². The molecule has 0 saturated carbocycles. The Balaban J connectivity index is 1.07. The van der Waals surface area contributed by atoms with Crippen molar-refractivity contribution >= 4 is 71.5 Å². The van der Waals surface area contributed by atoms with Crippen LogP contribution < -0.4 is 10.6 Å². The van der Waals surface area contributed by atoms with E-state index in [1.807, 2.05) is 12.2 Å². The standard InChI is InChI=1S/C25H32N10O10P2S2/c1-12-19-17(36)13(42-12)6-40-47(39,49)45-20-18(37)14(7-41-46(38,48)44-19)43-25(20)35-11-34-16-23(32-10-33-24(16)35)27-5-3-2-4-26-21-15-22(29-8-28-15)31-9-30-21/h2-3,8-14,17-20,25,36-37H,4-7H2,1H3,(H,38,48)(H,39,49)(H,27,32,33)(H2,26,28,29,30,31)/b3-2+/t12?,13?,14?,17-,18-,19+,20-,25?,46?,47?/m1/s1. The molecule has 3 aliphatic rings. The highest BCUT2D eigenvalue weighted by Crippen LogP contribution is 2.57. The number of rotatable bonds is 7. The van der Waals surface area contributed by atoms with E-state index in [4.69, 9.17) is 39.4 Å². The Hall–Kier alpha value is -2.69. The molecule has 264 valence electrons. The van der Waals surface area contributed by atoms with Gasteiger partial charge in [0, 0.05) is 13.1 Å². The Morgan fingerprint density at radius 2 is 1.67 bits per heavy atom. The van der Waals surface area contributed by atoms with Gasteiger partial charge in [0.25, 0.3) is 0 Å². The van der Waals surface area contributed by atoms with Crippen LogP contribution in [0.1, 0.15) is 13.2 Å². The van der Waals surface area contributed by atoms with Crippen molar-refractivity contribution in [1.29, 1.82) is 0 Å². The van der Waals surface area contributed by atoms with Crippen LogP contribution in [-0.4, -0.2) is 124 Å². The van der Waals surface area contributed by atoms with Crippen molar-refractivity contribution in [1.82, 2.24) is 39.5 Å². The van der Waals surface area contributed by atoms with Crippen LogP contribution in [0.5, 0.6) is 0 Å². The Kier molecular flexibility index (Phi) is 10.0. The van der Waals surface area contributed by atoms with Gasteiger partial charge in [0.15, 0.2) is 34.7 Å². The average Bonchev–Trinajstić information content (AvgIpc) is 3.84. The fourth-order valence-corrected chi connectivity index (χ4v) is 8.59. The highest BCUT2D eigenvalue weighted by atomic mass is 32.7. The monoisotopic (exact) mass is 758 g/mol. The van der Waals surface area contributed by atoms with Gasteiger partial charge in [-0.05, 0) is 18.7 Å². The zero-order valence-corrected chi connectivity index (χ0v) is 29.0. The summed E-state index contributed by atoms with van der Waals surface area (Å²) in [5.41, 5.74) is 1.96. The first-order valence-electron chi connectivity index (χ1n) is 14.9. The summed E-state index contributed by atoms with van der Waals surface area (Å²) in [7, 11) is 0. The molecule has 0 radical (unpaired) electrons. The molecule has 7 rings (SSSR count). The number of ether oxygens (including phenoxy) is 2. The van der Waals surface area contributed by atoms with E-state index in [0.29, 0.717) is 47.1 Å². The van der Waals surface area contributed by atoms with Gasteiger partial charge in [-0.3, -0.25) is 18.1 Å². The van der Waals surface area contributed by atoms with E-state index < -0.39 is 69.1 Å². The molecule has 6 unspecified atom stereocenters. The van der Waals surface area contributed by atoms with Crippen LogP contribution in [-0.2, 0) is 43.9 Å². The fraction of sp³-hybridized carbons (Fsp3) is 0.520. The SMILES string of the molecule is CC1OC2COP(O)(=S)O[C@H]3C(n4cnc5c(NC/C=C/CNc6ncnc7nc[nH]c67)ncnc54)OC(COP(=O)(S)O[C@@H]1[C@@H]2O)[C@H]3O. The van der Waals surface area contributed by atoms with Gasteiger partial charge in [-0.25, -0.2) is 34.5 Å². The zero-order valence-electron chi connectivity index (χ0n) is 25.5. The smallest absolute Gasteiger partial charge is 0.386 e. The highest BCUT2D eigenvalue weighted by Gasteiger charge is 2.51. The summed E-state index contributed by atoms with van der Waals surface area (Å²) in [6.45, 7) is -6.52. The third-order valence-electron chi connectivity index (χ3n) is 7.99. The second-order valence-electron chi connectivity index (χ2n) is 11.2. The van der Waals surface area contributed by atoms with Crippen LogP contribution in [0.15, 0.2) is 37.5 Å². The maximum Gasteiger partial charge on any atom is 0.386 e. The second kappa shape index (κ2) is 14.1. The first kappa shape index (κ1) is 34.7. The van der Waals surface area contributed by atoms with Crippen LogP contribution in [0, 0.1) is 0 Å². The molecule has 4 aromatic heterocycles. The molecule has 3 fully saturated rings. The largest absolute Gasteiger partial charge is 0.387 e. The van der Waals surface area contributed by atoms with Crippen molar-refractivity contribution < 1.29 is 47.2 Å². The molecule has 24 heteroatoms. The van der Waals surface area contributed by atoms with E-state index in [1.165, 1.54) is 23.5 Å². The Morgan fingerprint density at radius 1 is 0.980 bits per heavy atom. The number of hydrogen-bond donors (Lipinski definition) is 7. The molecule has 0 spiro atoms. The van der Waals surface area contributed by atoms with Crippen LogP contribution in [0.3, 0.4) is 0 Å². The van der Waals surface area contributed by atoms with Crippen LogP contribution in [0.2, 0.25) is 0 Å². The average molecular weight is 759 g/mol. The molecule has 4 aromatic rings. The molecule has 7 heterocycles. The van der Waals surface area contributed by atoms with E-state index in [-0.39, 0.29) is 6.61 Å². The Labute approximate surface area is 287 Å². The summed E-state index contributed by atoms with van der Waals surface area (Å²) in [6, 6.07) is 0. The molecule has 4 bridgehead atoms. The quantitative estimate of drug-likeness (QED) is 0.0790. The number of aromatic amines is 1. The minimum absolute atomic E-state index is 0.305. The molecule has 0 aromatic carbocycles. The van der Waals surface area contributed by atoms with Gasteiger partial charge in [-0.15, -0.1) is 0 Å². The summed E-state index contributed by atoms with van der Waals surface area (Å²) in [4.78, 5) is 39.6. The molecule has 3 saturated heterocycles. The number of aromatic nitrogens is 8. The van der Waals surface area contributed by atoms with Crippen molar-refractivity contribution in [2.24, 2.45) is 0 Å². The minimum Gasteiger partial charge on any atom is -0.387 e. The summed E-state index contributed by atoms with van der Waals surface area (Å²) < 4.78 is 48.7. The molecule has 0 amide bonds. The maximum absolute atomic E-state index is 13.1. The van der Waals surface area contributed by atoms with Crippen molar-refractivity contribution in [3.8, 4) is 0 Å². The van der Waals surface area contributed by atoms with Gasteiger partial charge in [0.1, 0.15) is 54.8 Å². The van der Waals surface area contributed by atoms with Gasteiger partial charge in [0.05, 0.1) is 32.0 Å². The topological polar surface area (TPSA) is 255 Å². The molecule has 49 heavy (non-hydrogen) atoms. The number of hydrogen-bond acceptors (Lipinski definition) is 18. The number of imidazole rings is 2. The number of nitrogens with zero attached hydrogens (tertiary/aromatic N) is 7. The third-order valence-corrected chi connectivity index (χ3v) is 11.2. The normalized spacial score (nSPS) is 35.6. The number of aliphatic hydroxyl groups excluding tert-OH is 2. The summed E-state index contributed by atoms with van der Waals surface area (Å²) in [6.07, 6.45) is 0.307. The van der Waals surface area contributed by atoms with Crippen molar-refractivity contribution in [2.45, 2.75) is 55.9 Å². The van der Waals surface area contributed by atoms with E-state index in [9.17, 15) is 19.7 Å². The first-order chi connectivity index (χ1) is 23.5. The van der Waals surface area contributed by atoms with E-state index in [2.05, 4.69) is 57.8 Å². The maximum atomic E-state index is 13.1. The Bertz CT molecular complexity index is 1940. The molecule has 10 atom stereocenters. The molecule has 0 aliphatic carbocycles. The number of aliphatic hydroxyl groups is 2. The minimum atomic E-state index is -4.08. The van der Waals surface area contributed by atoms with E-state index in [1.54, 1.807) is 13.3 Å². The van der Waals surface area contributed by atoms with E-state index >= 15 is 0 Å². The highest BCUT2D eigenvalue weighted by molar-refractivity contribution is 8.44. The summed E-state index contributed by atoms with van der Waals surface area (Å²) in [5.74, 6) is 1.04. The van der Waals surface area contributed by atoms with Crippen molar-refractivity contribution in [3.63, 3.8) is 0 Å². The lowest BCUT2D eigenvalue weighted by Crippen LogP contribution is -2.37. The second-order valence-corrected chi connectivity index (χ2v) is 16.9. The van der Waals surface area contributed by atoms with Crippen molar-refractivity contribution in [3.05, 3.63) is 37.5 Å². The molecule has 3 aliphatic heterocycles. The molecular weight excluding hydrogens is 726 g/mol. The van der Waals surface area contributed by atoms with Crippen LogP contribution in [0.4, 0.5) is 11.6 Å². The third kappa shape index (κ3) is 7.38. The lowest BCUT2D eigenvalue weighted by molar-refractivity contribution is -0.0503. The molecule has 20 nitrogen and oxygen atoms in total. The summed E-state index contributed by atoms with van der Waals surface area (Å²) >= 11 is 9.30. The number of thiol groups is 1. The first-order valence-corrected chi connectivity index (χ1v) is 20.2. The zero-order chi connectivity index (χ0) is 34.3. The van der Waals surface area contributed by atoms with Gasteiger partial charge in [-0.1, -0.05) is 24.4 Å². The van der Waals surface area contributed by atoms with Crippen molar-refractivity contribution in [2.75, 3.05) is 36.9 Å². The van der Waals surface area contributed by atoms with Crippen LogP contribution >= 0.6 is 25.8 Å². The number of anilines is 2. The number of H-pyrrole nitrogens is 1. The summed E-state index contributed by atoms with van der Waals surface area (Å²) in [5, 5.41) is 28.4. The lowest BCUT2D eigenvalue weighted by Gasteiger charge is -2.27. The number of fused-ring (bicyclic) bond motifs is 6. The predicted octanol–water partition coefficient (Wildman–Crippen LogP) is 1.05. The fourth-order valence-electron chi connectivity index (χ4n) is 5.65. The van der Waals surface area contributed by atoms with Gasteiger partial charge < -0.3 is 44.7 Å². The Morgan fingerprint density at radius 3 is 2.49 bits per heavy atom. The van der Waals surface area contributed by atoms with E-state index in [0.717, 1.165) is 0 Å².